The SMILES string of the molecule is CCc1[nH]c(C(=O)N[C@@H]2CCN(C(=O)OC(C)(C)C)C[C@H]2N2CCCC2)nc1Cl. The van der Waals surface area contributed by atoms with Crippen LogP contribution in [0.2, 0.25) is 5.15 Å². The zero-order chi connectivity index (χ0) is 21.2. The highest BCUT2D eigenvalue weighted by molar-refractivity contribution is 6.30. The number of aryl methyl sites for hydroxylation is 1. The molecule has 1 aromatic heterocycles. The number of H-pyrrole nitrogens is 1. The van der Waals surface area contributed by atoms with E-state index < -0.39 is 5.60 Å². The Balaban J connectivity index is 1.70. The van der Waals surface area contributed by atoms with Gasteiger partial charge in [0.05, 0.1) is 5.69 Å². The van der Waals surface area contributed by atoms with Gasteiger partial charge in [0.25, 0.3) is 5.91 Å². The normalized spacial score (nSPS) is 23.3. The Labute approximate surface area is 177 Å². The third-order valence-electron chi connectivity index (χ3n) is 5.46. The van der Waals surface area contributed by atoms with Gasteiger partial charge in [0.15, 0.2) is 11.0 Å². The van der Waals surface area contributed by atoms with Crippen LogP contribution in [-0.4, -0.2) is 75.6 Å². The molecule has 0 spiro atoms. The van der Waals surface area contributed by atoms with Gasteiger partial charge in [-0.2, -0.15) is 0 Å². The Morgan fingerprint density at radius 2 is 1.97 bits per heavy atom. The predicted molar refractivity (Wildman–Crippen MR) is 111 cm³/mol. The zero-order valence-corrected chi connectivity index (χ0v) is 18.5. The van der Waals surface area contributed by atoms with Gasteiger partial charge in [-0.3, -0.25) is 9.69 Å². The number of imidazole rings is 1. The molecule has 162 valence electrons. The van der Waals surface area contributed by atoms with Crippen LogP contribution in [0.4, 0.5) is 4.79 Å². The standard InChI is InChI=1S/C20H32ClN5O3/c1-5-13-16(21)24-17(22-13)18(27)23-14-8-11-26(19(28)29-20(2,3)4)12-15(14)25-9-6-7-10-25/h14-15H,5-12H2,1-4H3,(H,22,24)(H,23,27)/t14-,15-/m1/s1. The Morgan fingerprint density at radius 3 is 2.55 bits per heavy atom. The van der Waals surface area contributed by atoms with Crippen LogP contribution in [0.3, 0.4) is 0 Å². The first-order valence-electron chi connectivity index (χ1n) is 10.4. The van der Waals surface area contributed by atoms with E-state index in [1.807, 2.05) is 27.7 Å². The number of hydrogen-bond acceptors (Lipinski definition) is 5. The molecule has 29 heavy (non-hydrogen) atoms. The number of ether oxygens (including phenoxy) is 1. The van der Waals surface area contributed by atoms with Gasteiger partial charge in [-0.1, -0.05) is 18.5 Å². The molecule has 8 nitrogen and oxygen atoms in total. The summed E-state index contributed by atoms with van der Waals surface area (Å²) in [4.78, 5) is 36.6. The molecule has 3 rings (SSSR count). The number of amides is 2. The first kappa shape index (κ1) is 21.9. The first-order chi connectivity index (χ1) is 13.7. The maximum atomic E-state index is 12.8. The van der Waals surface area contributed by atoms with E-state index in [1.54, 1.807) is 4.90 Å². The van der Waals surface area contributed by atoms with Crippen molar-refractivity contribution >= 4 is 23.6 Å². The van der Waals surface area contributed by atoms with Gasteiger partial charge in [0.2, 0.25) is 0 Å². The molecule has 0 aromatic carbocycles. The molecule has 2 atom stereocenters. The van der Waals surface area contributed by atoms with E-state index in [2.05, 4.69) is 20.2 Å². The van der Waals surface area contributed by atoms with Crippen molar-refractivity contribution in [2.45, 2.75) is 71.1 Å². The average Bonchev–Trinajstić information content (AvgIpc) is 3.30. The number of piperidine rings is 1. The summed E-state index contributed by atoms with van der Waals surface area (Å²) in [7, 11) is 0. The van der Waals surface area contributed by atoms with Gasteiger partial charge in [-0.25, -0.2) is 9.78 Å². The molecule has 2 N–H and O–H groups in total. The van der Waals surface area contributed by atoms with E-state index in [1.165, 1.54) is 0 Å². The van der Waals surface area contributed by atoms with Crippen molar-refractivity contribution in [3.05, 3.63) is 16.7 Å². The molecule has 0 radical (unpaired) electrons. The summed E-state index contributed by atoms with van der Waals surface area (Å²) >= 11 is 6.08. The lowest BCUT2D eigenvalue weighted by Gasteiger charge is -2.43. The van der Waals surface area contributed by atoms with Crippen LogP contribution in [0.25, 0.3) is 0 Å². The molecule has 9 heteroatoms. The molecule has 0 aliphatic carbocycles. The number of hydrogen-bond donors (Lipinski definition) is 2. The maximum absolute atomic E-state index is 12.8. The first-order valence-corrected chi connectivity index (χ1v) is 10.8. The lowest BCUT2D eigenvalue weighted by molar-refractivity contribution is 0.00765. The summed E-state index contributed by atoms with van der Waals surface area (Å²) in [6.45, 7) is 10.6. The van der Waals surface area contributed by atoms with Crippen molar-refractivity contribution < 1.29 is 14.3 Å². The van der Waals surface area contributed by atoms with Gasteiger partial charge in [0.1, 0.15) is 5.60 Å². The van der Waals surface area contributed by atoms with E-state index in [0.717, 1.165) is 31.6 Å². The van der Waals surface area contributed by atoms with Gasteiger partial charge in [-0.05, 0) is 59.5 Å². The highest BCUT2D eigenvalue weighted by Gasteiger charge is 2.38. The van der Waals surface area contributed by atoms with Gasteiger partial charge in [-0.15, -0.1) is 0 Å². The molecular formula is C20H32ClN5O3. The molecule has 3 heterocycles. The van der Waals surface area contributed by atoms with Crippen molar-refractivity contribution in [1.29, 1.82) is 0 Å². The summed E-state index contributed by atoms with van der Waals surface area (Å²) in [5.41, 5.74) is 0.230. The lowest BCUT2D eigenvalue weighted by Crippen LogP contribution is -2.61. The number of nitrogens with zero attached hydrogens (tertiary/aromatic N) is 3. The lowest BCUT2D eigenvalue weighted by atomic mass is 9.98. The summed E-state index contributed by atoms with van der Waals surface area (Å²) in [5, 5.41) is 3.46. The van der Waals surface area contributed by atoms with Crippen LogP contribution in [0, 0.1) is 0 Å². The average molecular weight is 426 g/mol. The highest BCUT2D eigenvalue weighted by Crippen LogP contribution is 2.23. The number of nitrogens with one attached hydrogen (secondary N) is 2. The number of aromatic amines is 1. The quantitative estimate of drug-likeness (QED) is 0.774. The minimum absolute atomic E-state index is 0.0544. The molecule has 0 saturated carbocycles. The number of carbonyl (C=O) groups is 2. The van der Waals surface area contributed by atoms with Crippen molar-refractivity contribution in [1.82, 2.24) is 25.1 Å². The second-order valence-corrected chi connectivity index (χ2v) is 9.17. The van der Waals surface area contributed by atoms with E-state index in [-0.39, 0.29) is 29.9 Å². The monoisotopic (exact) mass is 425 g/mol. The molecule has 0 unspecified atom stereocenters. The summed E-state index contributed by atoms with van der Waals surface area (Å²) in [6, 6.07) is -0.00737. The minimum Gasteiger partial charge on any atom is -0.444 e. The number of carbonyl (C=O) groups excluding carboxylic acids is 2. The van der Waals surface area contributed by atoms with Crippen molar-refractivity contribution in [2.75, 3.05) is 26.2 Å². The van der Waals surface area contributed by atoms with Gasteiger partial charge >= 0.3 is 6.09 Å². The van der Waals surface area contributed by atoms with E-state index in [0.29, 0.717) is 31.1 Å². The number of halogens is 1. The van der Waals surface area contributed by atoms with E-state index in [9.17, 15) is 9.59 Å². The van der Waals surface area contributed by atoms with E-state index >= 15 is 0 Å². The Bertz CT molecular complexity index is 739. The highest BCUT2D eigenvalue weighted by atomic mass is 35.5. The van der Waals surface area contributed by atoms with Crippen LogP contribution >= 0.6 is 11.6 Å². The summed E-state index contributed by atoms with van der Waals surface area (Å²) in [6.07, 6.45) is 3.33. The maximum Gasteiger partial charge on any atom is 0.410 e. The van der Waals surface area contributed by atoms with Crippen molar-refractivity contribution in [3.63, 3.8) is 0 Å². The van der Waals surface area contributed by atoms with Crippen molar-refractivity contribution in [3.8, 4) is 0 Å². The topological polar surface area (TPSA) is 90.6 Å². The molecule has 0 bridgehead atoms. The number of aromatic nitrogens is 2. The van der Waals surface area contributed by atoms with Gasteiger partial charge in [0, 0.05) is 25.2 Å². The molecule has 2 aliphatic rings. The summed E-state index contributed by atoms with van der Waals surface area (Å²) in [5.74, 6) is -0.0203. The summed E-state index contributed by atoms with van der Waals surface area (Å²) < 4.78 is 5.55. The Morgan fingerprint density at radius 1 is 1.28 bits per heavy atom. The fraction of sp³-hybridized carbons (Fsp3) is 0.750. The number of rotatable bonds is 4. The predicted octanol–water partition coefficient (Wildman–Crippen LogP) is 2.83. The molecule has 2 aliphatic heterocycles. The molecule has 2 amide bonds. The largest absolute Gasteiger partial charge is 0.444 e. The third kappa shape index (κ3) is 5.42. The van der Waals surface area contributed by atoms with Crippen molar-refractivity contribution in [2.24, 2.45) is 0 Å². The fourth-order valence-electron chi connectivity index (χ4n) is 4.00. The molecule has 2 saturated heterocycles. The third-order valence-corrected chi connectivity index (χ3v) is 5.77. The Hall–Kier alpha value is -1.80. The van der Waals surface area contributed by atoms with Crippen LogP contribution in [0.15, 0.2) is 0 Å². The minimum atomic E-state index is -0.527. The Kier molecular flexibility index (Phi) is 6.73. The molecular weight excluding hydrogens is 394 g/mol. The molecule has 2 fully saturated rings. The molecule has 1 aromatic rings. The van der Waals surface area contributed by atoms with Crippen LogP contribution in [-0.2, 0) is 11.2 Å². The second kappa shape index (κ2) is 8.92. The zero-order valence-electron chi connectivity index (χ0n) is 17.8. The fourth-order valence-corrected chi connectivity index (χ4v) is 4.27. The van der Waals surface area contributed by atoms with Crippen LogP contribution in [0.5, 0.6) is 0 Å². The number of likely N-dealkylation sites (tertiary alicyclic amines) is 2. The van der Waals surface area contributed by atoms with E-state index in [4.69, 9.17) is 16.3 Å². The smallest absolute Gasteiger partial charge is 0.410 e. The van der Waals surface area contributed by atoms with Crippen LogP contribution < -0.4 is 5.32 Å². The van der Waals surface area contributed by atoms with Crippen LogP contribution in [0.1, 0.15) is 63.3 Å². The van der Waals surface area contributed by atoms with Gasteiger partial charge < -0.3 is 19.9 Å². The second-order valence-electron chi connectivity index (χ2n) is 8.81.